The third-order valence-corrected chi connectivity index (χ3v) is 3.54. The van der Waals surface area contributed by atoms with Crippen LogP contribution < -0.4 is 9.47 Å². The van der Waals surface area contributed by atoms with Gasteiger partial charge >= 0.3 is 0 Å². The normalized spacial score (nSPS) is 10.1. The van der Waals surface area contributed by atoms with Crippen molar-refractivity contribution in [3.8, 4) is 11.5 Å². The van der Waals surface area contributed by atoms with Crippen LogP contribution in [0.1, 0.15) is 11.1 Å². The summed E-state index contributed by atoms with van der Waals surface area (Å²) in [4.78, 5) is 10.4. The highest BCUT2D eigenvalue weighted by molar-refractivity contribution is 9.10. The second kappa shape index (κ2) is 7.05. The van der Waals surface area contributed by atoms with Crippen molar-refractivity contribution in [1.82, 2.24) is 0 Å². The Morgan fingerprint density at radius 2 is 1.90 bits per heavy atom. The lowest BCUT2D eigenvalue weighted by Gasteiger charge is -2.13. The van der Waals surface area contributed by atoms with Crippen molar-refractivity contribution in [2.24, 2.45) is 5.18 Å². The van der Waals surface area contributed by atoms with Crippen LogP contribution in [0.2, 0.25) is 0 Å². The highest BCUT2D eigenvalue weighted by Gasteiger charge is 2.10. The molecule has 4 nitrogen and oxygen atoms in total. The number of methoxy groups -OCH3 is 1. The molecule has 0 atom stereocenters. The van der Waals surface area contributed by atoms with E-state index in [2.05, 4.69) is 21.1 Å². The number of hydrogen-bond donors (Lipinski definition) is 0. The van der Waals surface area contributed by atoms with Gasteiger partial charge < -0.3 is 9.47 Å². The maximum Gasteiger partial charge on any atom is 0.162 e. The van der Waals surface area contributed by atoms with Crippen molar-refractivity contribution in [3.63, 3.8) is 0 Å². The van der Waals surface area contributed by atoms with Gasteiger partial charge in [0.05, 0.1) is 7.11 Å². The van der Waals surface area contributed by atoms with Gasteiger partial charge in [0.2, 0.25) is 0 Å². The molecule has 0 aliphatic rings. The molecule has 0 N–H and O–H groups in total. The van der Waals surface area contributed by atoms with Gasteiger partial charge in [0.1, 0.15) is 13.2 Å². The number of ether oxygens (including phenoxy) is 2. The SMILES string of the molecule is COc1cc(Br)c(CN=O)cc1OCc1ccccc1. The van der Waals surface area contributed by atoms with Gasteiger partial charge in [0.25, 0.3) is 0 Å². The minimum atomic E-state index is 0.0896. The van der Waals surface area contributed by atoms with Crippen LogP contribution in [0.5, 0.6) is 11.5 Å². The Labute approximate surface area is 125 Å². The predicted molar refractivity (Wildman–Crippen MR) is 81.0 cm³/mol. The molecule has 2 aromatic rings. The average molecular weight is 336 g/mol. The van der Waals surface area contributed by atoms with Crippen molar-refractivity contribution < 1.29 is 9.47 Å². The average Bonchev–Trinajstić information content (AvgIpc) is 2.48. The van der Waals surface area contributed by atoms with Crippen LogP contribution in [-0.4, -0.2) is 7.11 Å². The minimum absolute atomic E-state index is 0.0896. The van der Waals surface area contributed by atoms with E-state index >= 15 is 0 Å². The fourth-order valence-corrected chi connectivity index (χ4v) is 2.22. The Morgan fingerprint density at radius 1 is 1.15 bits per heavy atom. The smallest absolute Gasteiger partial charge is 0.162 e. The molecule has 0 heterocycles. The summed E-state index contributed by atoms with van der Waals surface area (Å²) in [5, 5.41) is 2.91. The van der Waals surface area contributed by atoms with E-state index in [1.54, 1.807) is 19.2 Å². The molecule has 20 heavy (non-hydrogen) atoms. The first kappa shape index (κ1) is 14.5. The predicted octanol–water partition coefficient (Wildman–Crippen LogP) is 4.30. The lowest BCUT2D eigenvalue weighted by Crippen LogP contribution is -1.99. The number of rotatable bonds is 6. The van der Waals surface area contributed by atoms with Gasteiger partial charge in [-0.15, -0.1) is 0 Å². The Balaban J connectivity index is 2.20. The highest BCUT2D eigenvalue weighted by Crippen LogP contribution is 2.34. The number of nitroso groups, excluding NO2 is 1. The topological polar surface area (TPSA) is 47.9 Å². The molecule has 0 aliphatic heterocycles. The summed E-state index contributed by atoms with van der Waals surface area (Å²) in [6.07, 6.45) is 0. The standard InChI is InChI=1S/C15H14BrNO3/c1-19-14-8-13(16)12(9-17-18)7-15(14)20-10-11-5-3-2-4-6-11/h2-8H,9-10H2,1H3. The first-order valence-corrected chi connectivity index (χ1v) is 6.86. The van der Waals surface area contributed by atoms with Gasteiger partial charge in [-0.05, 0) is 23.3 Å². The van der Waals surface area contributed by atoms with Crippen LogP contribution in [0.25, 0.3) is 0 Å². The van der Waals surface area contributed by atoms with Gasteiger partial charge in [0, 0.05) is 4.47 Å². The first-order valence-electron chi connectivity index (χ1n) is 6.07. The monoisotopic (exact) mass is 335 g/mol. The summed E-state index contributed by atoms with van der Waals surface area (Å²) >= 11 is 3.38. The van der Waals surface area contributed by atoms with Crippen LogP contribution >= 0.6 is 15.9 Å². The fourth-order valence-electron chi connectivity index (χ4n) is 1.78. The van der Waals surface area contributed by atoms with E-state index in [1.165, 1.54) is 0 Å². The summed E-state index contributed by atoms with van der Waals surface area (Å²) in [5.41, 5.74) is 1.83. The molecule has 5 heteroatoms. The maximum absolute atomic E-state index is 10.4. The van der Waals surface area contributed by atoms with Gasteiger partial charge in [-0.3, -0.25) is 0 Å². The third-order valence-electron chi connectivity index (χ3n) is 2.80. The van der Waals surface area contributed by atoms with Crippen molar-refractivity contribution in [2.75, 3.05) is 7.11 Å². The molecule has 0 saturated carbocycles. The molecule has 0 radical (unpaired) electrons. The van der Waals surface area contributed by atoms with Gasteiger partial charge in [-0.2, -0.15) is 4.91 Å². The van der Waals surface area contributed by atoms with Gasteiger partial charge in [0.15, 0.2) is 11.5 Å². The van der Waals surface area contributed by atoms with E-state index in [0.29, 0.717) is 18.1 Å². The summed E-state index contributed by atoms with van der Waals surface area (Å²) in [6.45, 7) is 0.527. The minimum Gasteiger partial charge on any atom is -0.493 e. The van der Waals surface area contributed by atoms with Crippen LogP contribution in [0.4, 0.5) is 0 Å². The summed E-state index contributed by atoms with van der Waals surface area (Å²) in [7, 11) is 1.58. The molecular formula is C15H14BrNO3. The largest absolute Gasteiger partial charge is 0.493 e. The number of hydrogen-bond acceptors (Lipinski definition) is 4. The molecule has 0 fully saturated rings. The number of nitrogens with zero attached hydrogens (tertiary/aromatic N) is 1. The Morgan fingerprint density at radius 3 is 2.55 bits per heavy atom. The van der Waals surface area contributed by atoms with E-state index in [9.17, 15) is 4.91 Å². The fraction of sp³-hybridized carbons (Fsp3) is 0.200. The zero-order valence-corrected chi connectivity index (χ0v) is 12.6. The van der Waals surface area contributed by atoms with E-state index in [4.69, 9.17) is 9.47 Å². The zero-order chi connectivity index (χ0) is 14.4. The quantitative estimate of drug-likeness (QED) is 0.739. The van der Waals surface area contributed by atoms with Crippen molar-refractivity contribution in [1.29, 1.82) is 0 Å². The molecule has 0 aromatic heterocycles. The third kappa shape index (κ3) is 3.57. The molecule has 0 saturated heterocycles. The van der Waals surface area contributed by atoms with E-state index < -0.39 is 0 Å². The van der Waals surface area contributed by atoms with Gasteiger partial charge in [-0.25, -0.2) is 0 Å². The first-order chi connectivity index (χ1) is 9.74. The van der Waals surface area contributed by atoms with Crippen LogP contribution in [0.3, 0.4) is 0 Å². The van der Waals surface area contributed by atoms with E-state index in [1.807, 2.05) is 30.3 Å². The molecule has 0 spiro atoms. The summed E-state index contributed by atoms with van der Waals surface area (Å²) in [6, 6.07) is 13.4. The Kier molecular flexibility index (Phi) is 5.12. The van der Waals surface area contributed by atoms with E-state index in [-0.39, 0.29) is 6.54 Å². The molecule has 2 aromatic carbocycles. The molecule has 104 valence electrons. The van der Waals surface area contributed by atoms with E-state index in [0.717, 1.165) is 15.6 Å². The lowest BCUT2D eigenvalue weighted by molar-refractivity contribution is 0.284. The van der Waals surface area contributed by atoms with Crippen molar-refractivity contribution in [3.05, 3.63) is 63.0 Å². The molecular weight excluding hydrogens is 322 g/mol. The zero-order valence-electron chi connectivity index (χ0n) is 11.0. The summed E-state index contributed by atoms with van der Waals surface area (Å²) in [5.74, 6) is 1.21. The van der Waals surface area contributed by atoms with Crippen LogP contribution in [0.15, 0.2) is 52.1 Å². The molecule has 0 unspecified atom stereocenters. The molecule has 0 bridgehead atoms. The molecule has 0 amide bonds. The Bertz CT molecular complexity index is 587. The van der Waals surface area contributed by atoms with Crippen molar-refractivity contribution in [2.45, 2.75) is 13.2 Å². The molecule has 0 aliphatic carbocycles. The van der Waals surface area contributed by atoms with Crippen molar-refractivity contribution >= 4 is 15.9 Å². The maximum atomic E-state index is 10.4. The van der Waals surface area contributed by atoms with Crippen LogP contribution in [-0.2, 0) is 13.2 Å². The molecule has 2 rings (SSSR count). The van der Waals surface area contributed by atoms with Crippen LogP contribution in [0, 0.1) is 4.91 Å². The number of halogens is 1. The highest BCUT2D eigenvalue weighted by atomic mass is 79.9. The lowest BCUT2D eigenvalue weighted by atomic mass is 10.2. The second-order valence-corrected chi connectivity index (χ2v) is 5.01. The second-order valence-electron chi connectivity index (χ2n) is 4.16. The van der Waals surface area contributed by atoms with Gasteiger partial charge in [-0.1, -0.05) is 51.4 Å². The number of benzene rings is 2. The summed E-state index contributed by atoms with van der Waals surface area (Å²) < 4.78 is 11.8. The Hall–Kier alpha value is -1.88.